The molecule has 0 radical (unpaired) electrons. The predicted octanol–water partition coefficient (Wildman–Crippen LogP) is 1.90. The van der Waals surface area contributed by atoms with E-state index < -0.39 is 12.2 Å². The first-order valence-electron chi connectivity index (χ1n) is 8.20. The second-order valence-corrected chi connectivity index (χ2v) is 6.32. The van der Waals surface area contributed by atoms with Crippen LogP contribution in [0.2, 0.25) is 0 Å². The minimum atomic E-state index is -1.00. The molecule has 3 rings (SSSR count). The second-order valence-electron chi connectivity index (χ2n) is 6.32. The van der Waals surface area contributed by atoms with Crippen LogP contribution in [0, 0.1) is 0 Å². The van der Waals surface area contributed by atoms with Crippen molar-refractivity contribution in [3.8, 4) is 0 Å². The normalized spacial score (nSPS) is 20.9. The van der Waals surface area contributed by atoms with Crippen LogP contribution >= 0.6 is 0 Å². The highest BCUT2D eigenvalue weighted by atomic mass is 16.5. The molecular formula is C17H22N2O5. The van der Waals surface area contributed by atoms with E-state index in [0.29, 0.717) is 13.0 Å². The lowest BCUT2D eigenvalue weighted by atomic mass is 10.1. The van der Waals surface area contributed by atoms with Crippen LogP contribution in [0.3, 0.4) is 0 Å². The van der Waals surface area contributed by atoms with Crippen molar-refractivity contribution in [1.29, 1.82) is 0 Å². The van der Waals surface area contributed by atoms with E-state index in [1.54, 1.807) is 0 Å². The van der Waals surface area contributed by atoms with Crippen LogP contribution in [0.4, 0.5) is 9.59 Å². The average Bonchev–Trinajstić information content (AvgIpc) is 2.97. The summed E-state index contributed by atoms with van der Waals surface area (Å²) in [5.41, 5.74) is 2.62. The van der Waals surface area contributed by atoms with Crippen molar-refractivity contribution in [3.63, 3.8) is 0 Å². The molecule has 1 aliphatic heterocycles. The third kappa shape index (κ3) is 3.62. The zero-order valence-corrected chi connectivity index (χ0v) is 13.4. The van der Waals surface area contributed by atoms with Gasteiger partial charge >= 0.3 is 12.2 Å². The quantitative estimate of drug-likeness (QED) is 0.878. The first-order chi connectivity index (χ1) is 11.5. The standard InChI is InChI=1S/C17H22N2O5/c20-16(21)18-6-7-19(17(22)23)14(11-18)5-8-24-15-9-12-3-1-2-4-13(12)10-15/h1-4,14-15H,5-11H2,(H,20,21)(H,22,23). The summed E-state index contributed by atoms with van der Waals surface area (Å²) >= 11 is 0. The molecule has 7 heteroatoms. The van der Waals surface area contributed by atoms with E-state index >= 15 is 0 Å². The highest BCUT2D eigenvalue weighted by molar-refractivity contribution is 5.68. The first kappa shape index (κ1) is 16.6. The van der Waals surface area contributed by atoms with E-state index in [4.69, 9.17) is 9.84 Å². The van der Waals surface area contributed by atoms with Crippen molar-refractivity contribution in [2.45, 2.75) is 31.4 Å². The van der Waals surface area contributed by atoms with Crippen molar-refractivity contribution in [1.82, 2.24) is 9.80 Å². The minimum absolute atomic E-state index is 0.125. The molecule has 2 aliphatic rings. The Morgan fingerprint density at radius 2 is 1.75 bits per heavy atom. The van der Waals surface area contributed by atoms with Gasteiger partial charge in [-0.1, -0.05) is 24.3 Å². The summed E-state index contributed by atoms with van der Waals surface area (Å²) in [7, 11) is 0. The first-order valence-corrected chi connectivity index (χ1v) is 8.20. The molecule has 1 atom stereocenters. The fourth-order valence-electron chi connectivity index (χ4n) is 3.54. The van der Waals surface area contributed by atoms with Gasteiger partial charge in [0, 0.05) is 26.2 Å². The molecular weight excluding hydrogens is 312 g/mol. The summed E-state index contributed by atoms with van der Waals surface area (Å²) in [6, 6.07) is 7.91. The maximum absolute atomic E-state index is 11.3. The van der Waals surface area contributed by atoms with Crippen LogP contribution in [-0.2, 0) is 17.6 Å². The van der Waals surface area contributed by atoms with Crippen molar-refractivity contribution in [3.05, 3.63) is 35.4 Å². The van der Waals surface area contributed by atoms with Gasteiger partial charge in [-0.3, -0.25) is 0 Å². The number of carboxylic acid groups (broad SMARTS) is 2. The number of ether oxygens (including phenoxy) is 1. The van der Waals surface area contributed by atoms with E-state index in [2.05, 4.69) is 12.1 Å². The van der Waals surface area contributed by atoms with Crippen LogP contribution < -0.4 is 0 Å². The van der Waals surface area contributed by atoms with Gasteiger partial charge in [-0.05, 0) is 30.4 Å². The van der Waals surface area contributed by atoms with Crippen molar-refractivity contribution < 1.29 is 24.5 Å². The molecule has 0 saturated carbocycles. The van der Waals surface area contributed by atoms with E-state index in [9.17, 15) is 14.7 Å². The Labute approximate surface area is 140 Å². The third-order valence-electron chi connectivity index (χ3n) is 4.82. The minimum Gasteiger partial charge on any atom is -0.465 e. The molecule has 0 bridgehead atoms. The highest BCUT2D eigenvalue weighted by Gasteiger charge is 2.32. The summed E-state index contributed by atoms with van der Waals surface area (Å²) in [6.45, 7) is 1.06. The van der Waals surface area contributed by atoms with Crippen molar-refractivity contribution in [2.24, 2.45) is 0 Å². The van der Waals surface area contributed by atoms with Gasteiger partial charge in [0.25, 0.3) is 0 Å². The van der Waals surface area contributed by atoms with Crippen LogP contribution in [0.5, 0.6) is 0 Å². The summed E-state index contributed by atoms with van der Waals surface area (Å²) in [5, 5.41) is 18.4. The molecule has 1 unspecified atom stereocenters. The van der Waals surface area contributed by atoms with Crippen LogP contribution in [0.15, 0.2) is 24.3 Å². The number of carbonyl (C=O) groups is 2. The largest absolute Gasteiger partial charge is 0.465 e. The Balaban J connectivity index is 1.51. The zero-order chi connectivity index (χ0) is 17.1. The third-order valence-corrected chi connectivity index (χ3v) is 4.82. The van der Waals surface area contributed by atoms with E-state index in [-0.39, 0.29) is 31.8 Å². The van der Waals surface area contributed by atoms with Crippen LogP contribution in [-0.4, -0.2) is 70.6 Å². The number of rotatable bonds is 4. The molecule has 1 aromatic carbocycles. The van der Waals surface area contributed by atoms with Crippen LogP contribution in [0.1, 0.15) is 17.5 Å². The van der Waals surface area contributed by atoms with Gasteiger partial charge in [-0.2, -0.15) is 0 Å². The van der Waals surface area contributed by atoms with E-state index in [1.165, 1.54) is 20.9 Å². The number of hydrogen-bond donors (Lipinski definition) is 2. The lowest BCUT2D eigenvalue weighted by molar-refractivity contribution is 0.0228. The van der Waals surface area contributed by atoms with Gasteiger partial charge < -0.3 is 24.7 Å². The number of piperazine rings is 1. The molecule has 7 nitrogen and oxygen atoms in total. The molecule has 24 heavy (non-hydrogen) atoms. The Morgan fingerprint density at radius 1 is 1.08 bits per heavy atom. The maximum Gasteiger partial charge on any atom is 0.407 e. The van der Waals surface area contributed by atoms with Gasteiger partial charge in [0.1, 0.15) is 0 Å². The van der Waals surface area contributed by atoms with Gasteiger partial charge in [0.2, 0.25) is 0 Å². The number of hydrogen-bond acceptors (Lipinski definition) is 3. The number of amides is 2. The smallest absolute Gasteiger partial charge is 0.407 e. The molecule has 1 aromatic rings. The molecule has 1 saturated heterocycles. The topological polar surface area (TPSA) is 90.3 Å². The SMILES string of the molecule is O=C(O)N1CCN(C(=O)O)C(CCOC2Cc3ccccc3C2)C1. The van der Waals surface area contributed by atoms with Gasteiger partial charge in [-0.15, -0.1) is 0 Å². The van der Waals surface area contributed by atoms with Gasteiger partial charge in [0.05, 0.1) is 12.1 Å². The molecule has 1 aliphatic carbocycles. The zero-order valence-electron chi connectivity index (χ0n) is 13.4. The number of fused-ring (bicyclic) bond motifs is 1. The Bertz CT molecular complexity index is 596. The van der Waals surface area contributed by atoms with E-state index in [0.717, 1.165) is 12.8 Å². The number of benzene rings is 1. The molecule has 1 heterocycles. The molecule has 130 valence electrons. The average molecular weight is 334 g/mol. The van der Waals surface area contributed by atoms with Crippen molar-refractivity contribution in [2.75, 3.05) is 26.2 Å². The summed E-state index contributed by atoms with van der Waals surface area (Å²) in [5.74, 6) is 0. The summed E-state index contributed by atoms with van der Waals surface area (Å²) < 4.78 is 5.93. The van der Waals surface area contributed by atoms with Gasteiger partial charge in [-0.25, -0.2) is 9.59 Å². The highest BCUT2D eigenvalue weighted by Crippen LogP contribution is 2.24. The number of nitrogens with zero attached hydrogens (tertiary/aromatic N) is 2. The predicted molar refractivity (Wildman–Crippen MR) is 86.3 cm³/mol. The summed E-state index contributed by atoms with van der Waals surface area (Å²) in [6.07, 6.45) is 0.383. The fourth-order valence-corrected chi connectivity index (χ4v) is 3.54. The molecule has 0 aromatic heterocycles. The van der Waals surface area contributed by atoms with Crippen molar-refractivity contribution >= 4 is 12.2 Å². The molecule has 2 N–H and O–H groups in total. The van der Waals surface area contributed by atoms with Gasteiger partial charge in [0.15, 0.2) is 0 Å². The van der Waals surface area contributed by atoms with Crippen LogP contribution in [0.25, 0.3) is 0 Å². The Hall–Kier alpha value is -2.28. The monoisotopic (exact) mass is 334 g/mol. The molecule has 2 amide bonds. The lowest BCUT2D eigenvalue weighted by Crippen LogP contribution is -2.56. The molecule has 1 fully saturated rings. The second kappa shape index (κ2) is 7.09. The summed E-state index contributed by atoms with van der Waals surface area (Å²) in [4.78, 5) is 25.0. The Kier molecular flexibility index (Phi) is 4.89. The fraction of sp³-hybridized carbons (Fsp3) is 0.529. The Morgan fingerprint density at radius 3 is 2.33 bits per heavy atom. The van der Waals surface area contributed by atoms with E-state index in [1.807, 2.05) is 12.1 Å². The maximum atomic E-state index is 11.3. The molecule has 0 spiro atoms. The lowest BCUT2D eigenvalue weighted by Gasteiger charge is -2.38.